The third kappa shape index (κ3) is 1.16. The zero-order valence-electron chi connectivity index (χ0n) is 6.46. The van der Waals surface area contributed by atoms with Gasteiger partial charge in [0.1, 0.15) is 0 Å². The number of nitrogens with zero attached hydrogens (tertiary/aromatic N) is 2. The van der Waals surface area contributed by atoms with Crippen molar-refractivity contribution in [3.05, 3.63) is 0 Å². The Morgan fingerprint density at radius 1 is 1.64 bits per heavy atom. The van der Waals surface area contributed by atoms with Crippen LogP contribution in [0.5, 0.6) is 0 Å². The monoisotopic (exact) mass is 266 g/mol. The van der Waals surface area contributed by atoms with Gasteiger partial charge in [-0.1, -0.05) is 5.16 Å². The SMILES string of the molecule is CN1C2CCC1/C(=N\OI)C2. The number of hydrogen-bond acceptors (Lipinski definition) is 3. The summed E-state index contributed by atoms with van der Waals surface area (Å²) in [7, 11) is 2.18. The minimum Gasteiger partial charge on any atom is -0.327 e. The molecule has 0 radical (unpaired) electrons. The summed E-state index contributed by atoms with van der Waals surface area (Å²) in [6, 6.07) is 1.32. The second kappa shape index (κ2) is 2.90. The molecule has 2 atom stereocenters. The van der Waals surface area contributed by atoms with Gasteiger partial charge in [0.05, 0.1) is 11.8 Å². The molecule has 0 aliphatic carbocycles. The molecule has 2 aliphatic heterocycles. The Labute approximate surface area is 80.5 Å². The average Bonchev–Trinajstić information content (AvgIpc) is 2.47. The van der Waals surface area contributed by atoms with E-state index in [1.807, 2.05) is 23.0 Å². The van der Waals surface area contributed by atoms with Crippen LogP contribution < -0.4 is 0 Å². The third-order valence-corrected chi connectivity index (χ3v) is 3.02. The highest BCUT2D eigenvalue weighted by molar-refractivity contribution is 14.1. The number of halogens is 1. The van der Waals surface area contributed by atoms with Crippen molar-refractivity contribution in [2.24, 2.45) is 5.16 Å². The first-order valence-corrected chi connectivity index (χ1v) is 4.77. The van der Waals surface area contributed by atoms with E-state index in [9.17, 15) is 0 Å². The van der Waals surface area contributed by atoms with Gasteiger partial charge in [0.25, 0.3) is 0 Å². The van der Waals surface area contributed by atoms with Crippen molar-refractivity contribution in [2.45, 2.75) is 31.3 Å². The highest BCUT2D eigenvalue weighted by Crippen LogP contribution is 2.34. The van der Waals surface area contributed by atoms with E-state index < -0.39 is 0 Å². The topological polar surface area (TPSA) is 24.8 Å². The summed E-state index contributed by atoms with van der Waals surface area (Å²) in [5, 5.41) is 4.02. The lowest BCUT2D eigenvalue weighted by Crippen LogP contribution is -2.25. The summed E-state index contributed by atoms with van der Waals surface area (Å²) in [5.74, 6) is 0. The molecular weight excluding hydrogens is 255 g/mol. The van der Waals surface area contributed by atoms with Crippen LogP contribution in [0, 0.1) is 0 Å². The minimum atomic E-state index is 0.578. The largest absolute Gasteiger partial charge is 0.327 e. The Morgan fingerprint density at radius 3 is 2.91 bits per heavy atom. The van der Waals surface area contributed by atoms with Crippen molar-refractivity contribution in [1.82, 2.24) is 4.90 Å². The molecule has 2 heterocycles. The van der Waals surface area contributed by atoms with E-state index >= 15 is 0 Å². The predicted molar refractivity (Wildman–Crippen MR) is 51.7 cm³/mol. The van der Waals surface area contributed by atoms with Crippen LogP contribution in [0.2, 0.25) is 0 Å². The molecule has 0 saturated carbocycles. The molecule has 0 aromatic carbocycles. The van der Waals surface area contributed by atoms with E-state index in [2.05, 4.69) is 17.1 Å². The highest BCUT2D eigenvalue weighted by atomic mass is 127. The van der Waals surface area contributed by atoms with Crippen LogP contribution >= 0.6 is 23.0 Å². The van der Waals surface area contributed by atoms with Crippen LogP contribution in [-0.4, -0.2) is 29.7 Å². The zero-order valence-corrected chi connectivity index (χ0v) is 8.61. The Hall–Kier alpha value is 0.160. The number of rotatable bonds is 1. The van der Waals surface area contributed by atoms with Crippen molar-refractivity contribution in [3.8, 4) is 0 Å². The van der Waals surface area contributed by atoms with Crippen LogP contribution in [0.25, 0.3) is 0 Å². The van der Waals surface area contributed by atoms with Gasteiger partial charge < -0.3 is 3.17 Å². The third-order valence-electron chi connectivity index (χ3n) is 2.82. The van der Waals surface area contributed by atoms with Gasteiger partial charge in [0.15, 0.2) is 0 Å². The first-order valence-electron chi connectivity index (χ1n) is 3.89. The molecule has 0 aromatic heterocycles. The van der Waals surface area contributed by atoms with Crippen LogP contribution in [-0.2, 0) is 3.17 Å². The van der Waals surface area contributed by atoms with Crippen LogP contribution in [0.3, 0.4) is 0 Å². The second-order valence-electron chi connectivity index (χ2n) is 3.27. The molecule has 2 fully saturated rings. The highest BCUT2D eigenvalue weighted by Gasteiger charge is 2.41. The molecule has 0 amide bonds. The van der Waals surface area contributed by atoms with E-state index in [1.165, 1.54) is 18.6 Å². The second-order valence-corrected chi connectivity index (χ2v) is 3.66. The standard InChI is InChI=1S/C7H11IN2O/c1-10-5-2-3-7(10)6(4-5)9-11-8/h5,7H,2-4H2,1H3/b9-6-. The van der Waals surface area contributed by atoms with Gasteiger partial charge in [0.2, 0.25) is 23.0 Å². The van der Waals surface area contributed by atoms with Crippen LogP contribution in [0.4, 0.5) is 0 Å². The molecule has 4 heteroatoms. The van der Waals surface area contributed by atoms with Crippen molar-refractivity contribution in [1.29, 1.82) is 0 Å². The Bertz CT molecular complexity index is 195. The van der Waals surface area contributed by atoms with Crippen molar-refractivity contribution in [3.63, 3.8) is 0 Å². The van der Waals surface area contributed by atoms with Gasteiger partial charge in [-0.3, -0.25) is 4.90 Å². The lowest BCUT2D eigenvalue weighted by molar-refractivity contribution is 0.323. The van der Waals surface area contributed by atoms with E-state index in [-0.39, 0.29) is 0 Å². The average molecular weight is 266 g/mol. The van der Waals surface area contributed by atoms with Crippen molar-refractivity contribution < 1.29 is 3.17 Å². The summed E-state index contributed by atoms with van der Waals surface area (Å²) in [6.07, 6.45) is 3.71. The number of oxime groups is 1. The molecule has 0 spiro atoms. The first kappa shape index (κ1) is 7.79. The maximum atomic E-state index is 4.76. The number of fused-ring (bicyclic) bond motifs is 2. The maximum absolute atomic E-state index is 4.76. The van der Waals surface area contributed by atoms with Crippen molar-refractivity contribution in [2.75, 3.05) is 7.05 Å². The fourth-order valence-corrected chi connectivity index (χ4v) is 2.43. The molecule has 2 bridgehead atoms. The lowest BCUT2D eigenvalue weighted by Gasteiger charge is -2.12. The fraction of sp³-hybridized carbons (Fsp3) is 0.857. The number of hydrogen-bond donors (Lipinski definition) is 0. The minimum absolute atomic E-state index is 0.578. The van der Waals surface area contributed by atoms with E-state index in [0.29, 0.717) is 6.04 Å². The van der Waals surface area contributed by atoms with Gasteiger partial charge >= 0.3 is 0 Å². The molecule has 0 N–H and O–H groups in total. The summed E-state index contributed by atoms with van der Waals surface area (Å²) < 4.78 is 4.76. The molecule has 3 nitrogen and oxygen atoms in total. The summed E-state index contributed by atoms with van der Waals surface area (Å²) in [4.78, 5) is 2.41. The smallest absolute Gasteiger partial charge is 0.230 e. The predicted octanol–water partition coefficient (Wildman–Crippen LogP) is 1.58. The van der Waals surface area contributed by atoms with Gasteiger partial charge in [-0.2, -0.15) is 0 Å². The molecular formula is C7H11IN2O. The quantitative estimate of drug-likeness (QED) is 0.531. The van der Waals surface area contributed by atoms with Gasteiger partial charge in [-0.25, -0.2) is 0 Å². The molecule has 2 rings (SSSR count). The Balaban J connectivity index is 2.14. The molecule has 2 unspecified atom stereocenters. The Kier molecular flexibility index (Phi) is 2.05. The molecule has 0 aromatic rings. The normalized spacial score (nSPS) is 40.4. The molecule has 11 heavy (non-hydrogen) atoms. The molecule has 2 aliphatic rings. The van der Waals surface area contributed by atoms with E-state index in [4.69, 9.17) is 3.17 Å². The van der Waals surface area contributed by atoms with Gasteiger partial charge in [-0.15, -0.1) is 0 Å². The summed E-state index contributed by atoms with van der Waals surface area (Å²) in [5.41, 5.74) is 1.23. The fourth-order valence-electron chi connectivity index (χ4n) is 2.18. The van der Waals surface area contributed by atoms with Crippen molar-refractivity contribution >= 4 is 28.7 Å². The summed E-state index contributed by atoms with van der Waals surface area (Å²) >= 11 is 1.82. The lowest BCUT2D eigenvalue weighted by atomic mass is 9.99. The maximum Gasteiger partial charge on any atom is 0.230 e. The van der Waals surface area contributed by atoms with E-state index in [0.717, 1.165) is 12.5 Å². The first-order chi connectivity index (χ1) is 5.33. The molecule has 2 saturated heterocycles. The van der Waals surface area contributed by atoms with Gasteiger partial charge in [-0.05, 0) is 19.9 Å². The summed E-state index contributed by atoms with van der Waals surface area (Å²) in [6.45, 7) is 0. The van der Waals surface area contributed by atoms with Crippen LogP contribution in [0.1, 0.15) is 19.3 Å². The van der Waals surface area contributed by atoms with Gasteiger partial charge in [0, 0.05) is 12.5 Å². The van der Waals surface area contributed by atoms with Crippen LogP contribution in [0.15, 0.2) is 5.16 Å². The zero-order chi connectivity index (χ0) is 7.84. The Morgan fingerprint density at radius 2 is 2.45 bits per heavy atom. The molecule has 62 valence electrons. The van der Waals surface area contributed by atoms with E-state index in [1.54, 1.807) is 0 Å².